The van der Waals surface area contributed by atoms with E-state index in [0.29, 0.717) is 22.7 Å². The second-order valence-electron chi connectivity index (χ2n) is 5.56. The standard InChI is InChI=1S/C19H16N2O3/c1-12-3-5-16(13(2)7-12)21-19(22)15(10-20)8-14-4-6-17-18(9-14)24-11-23-17/h3-9H,11H2,1-2H3,(H,21,22)/b15-8-. The Kier molecular flexibility index (Phi) is 4.21. The second-order valence-corrected chi connectivity index (χ2v) is 5.56. The summed E-state index contributed by atoms with van der Waals surface area (Å²) in [5.41, 5.74) is 3.48. The zero-order valence-electron chi connectivity index (χ0n) is 13.4. The van der Waals surface area contributed by atoms with Gasteiger partial charge in [-0.25, -0.2) is 0 Å². The molecule has 0 saturated carbocycles. The summed E-state index contributed by atoms with van der Waals surface area (Å²) in [7, 11) is 0. The monoisotopic (exact) mass is 320 g/mol. The number of benzene rings is 2. The van der Waals surface area contributed by atoms with Crippen molar-refractivity contribution < 1.29 is 14.3 Å². The van der Waals surface area contributed by atoms with Crippen LogP contribution in [0.5, 0.6) is 11.5 Å². The summed E-state index contributed by atoms with van der Waals surface area (Å²) in [5, 5.41) is 12.1. The minimum atomic E-state index is -0.442. The number of carbonyl (C=O) groups excluding carboxylic acids is 1. The molecule has 1 N–H and O–H groups in total. The topological polar surface area (TPSA) is 71.4 Å². The van der Waals surface area contributed by atoms with Crippen LogP contribution in [0.3, 0.4) is 0 Å². The Hall–Kier alpha value is -3.26. The minimum Gasteiger partial charge on any atom is -0.454 e. The molecule has 0 saturated heterocycles. The summed E-state index contributed by atoms with van der Waals surface area (Å²) in [6.45, 7) is 4.08. The number of hydrogen-bond donors (Lipinski definition) is 1. The molecule has 24 heavy (non-hydrogen) atoms. The number of rotatable bonds is 3. The van der Waals surface area contributed by atoms with Crippen molar-refractivity contribution in [2.45, 2.75) is 13.8 Å². The largest absolute Gasteiger partial charge is 0.454 e. The van der Waals surface area contributed by atoms with E-state index in [4.69, 9.17) is 9.47 Å². The van der Waals surface area contributed by atoms with Crippen molar-refractivity contribution >= 4 is 17.7 Å². The van der Waals surface area contributed by atoms with Crippen molar-refractivity contribution in [2.75, 3.05) is 12.1 Å². The van der Waals surface area contributed by atoms with Crippen molar-refractivity contribution in [3.05, 3.63) is 58.7 Å². The smallest absolute Gasteiger partial charge is 0.266 e. The van der Waals surface area contributed by atoms with E-state index >= 15 is 0 Å². The van der Waals surface area contributed by atoms with Gasteiger partial charge in [-0.15, -0.1) is 0 Å². The quantitative estimate of drug-likeness (QED) is 0.693. The molecule has 1 amide bonds. The van der Waals surface area contributed by atoms with E-state index in [2.05, 4.69) is 5.32 Å². The summed E-state index contributed by atoms with van der Waals surface area (Å²) in [6.07, 6.45) is 1.53. The van der Waals surface area contributed by atoms with E-state index in [-0.39, 0.29) is 12.4 Å². The number of amides is 1. The van der Waals surface area contributed by atoms with Gasteiger partial charge in [0.25, 0.3) is 5.91 Å². The van der Waals surface area contributed by atoms with Gasteiger partial charge >= 0.3 is 0 Å². The number of carbonyl (C=O) groups is 1. The normalized spacial score (nSPS) is 12.6. The first-order valence-corrected chi connectivity index (χ1v) is 7.47. The van der Waals surface area contributed by atoms with Gasteiger partial charge in [0.05, 0.1) is 0 Å². The number of hydrogen-bond acceptors (Lipinski definition) is 4. The molecular formula is C19H16N2O3. The van der Waals surface area contributed by atoms with Gasteiger partial charge in [-0.2, -0.15) is 5.26 Å². The molecule has 0 unspecified atom stereocenters. The van der Waals surface area contributed by atoms with Crippen LogP contribution >= 0.6 is 0 Å². The molecule has 3 rings (SSSR count). The fourth-order valence-electron chi connectivity index (χ4n) is 2.46. The molecule has 1 heterocycles. The number of aryl methyl sites for hydroxylation is 2. The molecule has 0 atom stereocenters. The van der Waals surface area contributed by atoms with Crippen molar-refractivity contribution in [3.8, 4) is 17.6 Å². The second kappa shape index (κ2) is 6.47. The lowest BCUT2D eigenvalue weighted by molar-refractivity contribution is -0.112. The van der Waals surface area contributed by atoms with Crippen LogP contribution in [0, 0.1) is 25.2 Å². The maximum atomic E-state index is 12.4. The van der Waals surface area contributed by atoms with Crippen LogP contribution in [0.4, 0.5) is 5.69 Å². The highest BCUT2D eigenvalue weighted by atomic mass is 16.7. The molecule has 0 spiro atoms. The number of nitrogens with zero attached hydrogens (tertiary/aromatic N) is 1. The molecule has 0 aromatic heterocycles. The summed E-state index contributed by atoms with van der Waals surface area (Å²) >= 11 is 0. The van der Waals surface area contributed by atoms with Crippen LogP contribution in [0.25, 0.3) is 6.08 Å². The molecular weight excluding hydrogens is 304 g/mol. The summed E-state index contributed by atoms with van der Waals surface area (Å²) in [4.78, 5) is 12.4. The molecule has 5 heteroatoms. The third-order valence-corrected chi connectivity index (χ3v) is 3.70. The number of anilines is 1. The van der Waals surface area contributed by atoms with Gasteiger partial charge in [-0.05, 0) is 49.2 Å². The maximum absolute atomic E-state index is 12.4. The summed E-state index contributed by atoms with van der Waals surface area (Å²) in [5.74, 6) is 0.823. The molecule has 1 aliphatic rings. The van der Waals surface area contributed by atoms with E-state index in [1.807, 2.05) is 38.1 Å². The molecule has 0 bridgehead atoms. The Bertz CT molecular complexity index is 879. The first-order valence-electron chi connectivity index (χ1n) is 7.47. The lowest BCUT2D eigenvalue weighted by Gasteiger charge is -2.08. The zero-order chi connectivity index (χ0) is 17.1. The van der Waals surface area contributed by atoms with Crippen molar-refractivity contribution in [2.24, 2.45) is 0 Å². The van der Waals surface area contributed by atoms with Gasteiger partial charge in [-0.3, -0.25) is 4.79 Å². The molecule has 0 radical (unpaired) electrons. The van der Waals surface area contributed by atoms with E-state index in [1.165, 1.54) is 6.08 Å². The van der Waals surface area contributed by atoms with E-state index < -0.39 is 5.91 Å². The number of nitrogens with one attached hydrogen (secondary N) is 1. The first-order chi connectivity index (χ1) is 11.6. The van der Waals surface area contributed by atoms with E-state index in [9.17, 15) is 10.1 Å². The van der Waals surface area contributed by atoms with Crippen molar-refractivity contribution in [3.63, 3.8) is 0 Å². The molecule has 2 aromatic carbocycles. The first kappa shape index (κ1) is 15.6. The lowest BCUT2D eigenvalue weighted by Crippen LogP contribution is -2.14. The van der Waals surface area contributed by atoms with E-state index in [0.717, 1.165) is 11.1 Å². The van der Waals surface area contributed by atoms with Gasteiger partial charge < -0.3 is 14.8 Å². The maximum Gasteiger partial charge on any atom is 0.266 e. The van der Waals surface area contributed by atoms with Gasteiger partial charge in [0.15, 0.2) is 11.5 Å². The van der Waals surface area contributed by atoms with Crippen LogP contribution in [0.15, 0.2) is 42.0 Å². The van der Waals surface area contributed by atoms with Crippen LogP contribution in [-0.4, -0.2) is 12.7 Å². The van der Waals surface area contributed by atoms with Gasteiger partial charge in [0.2, 0.25) is 6.79 Å². The fourth-order valence-corrected chi connectivity index (χ4v) is 2.46. The molecule has 2 aromatic rings. The predicted octanol–water partition coefficient (Wildman–Crippen LogP) is 3.58. The highest BCUT2D eigenvalue weighted by molar-refractivity contribution is 6.10. The number of ether oxygens (including phenoxy) is 2. The van der Waals surface area contributed by atoms with Crippen molar-refractivity contribution in [1.29, 1.82) is 5.26 Å². The Morgan fingerprint density at radius 2 is 1.96 bits per heavy atom. The SMILES string of the molecule is Cc1ccc(NC(=O)/C(C#N)=C\c2ccc3c(c2)OCO3)c(C)c1. The van der Waals surface area contributed by atoms with Crippen LogP contribution in [0.1, 0.15) is 16.7 Å². The highest BCUT2D eigenvalue weighted by Gasteiger charge is 2.15. The average molecular weight is 320 g/mol. The Labute approximate surface area is 140 Å². The summed E-state index contributed by atoms with van der Waals surface area (Å²) in [6, 6.07) is 12.9. The lowest BCUT2D eigenvalue weighted by atomic mass is 10.1. The third kappa shape index (κ3) is 3.23. The molecule has 5 nitrogen and oxygen atoms in total. The Morgan fingerprint density at radius 1 is 1.17 bits per heavy atom. The van der Waals surface area contributed by atoms with Crippen LogP contribution in [0.2, 0.25) is 0 Å². The molecule has 120 valence electrons. The van der Waals surface area contributed by atoms with E-state index in [1.54, 1.807) is 18.2 Å². The molecule has 0 aliphatic carbocycles. The molecule has 1 aliphatic heterocycles. The Balaban J connectivity index is 1.82. The minimum absolute atomic E-state index is 0.0221. The average Bonchev–Trinajstić information content (AvgIpc) is 3.02. The molecule has 0 fully saturated rings. The van der Waals surface area contributed by atoms with Crippen LogP contribution < -0.4 is 14.8 Å². The predicted molar refractivity (Wildman–Crippen MR) is 90.7 cm³/mol. The zero-order valence-corrected chi connectivity index (χ0v) is 13.4. The fraction of sp³-hybridized carbons (Fsp3) is 0.158. The van der Waals surface area contributed by atoms with Gasteiger partial charge in [0, 0.05) is 5.69 Å². The highest BCUT2D eigenvalue weighted by Crippen LogP contribution is 2.33. The summed E-state index contributed by atoms with van der Waals surface area (Å²) < 4.78 is 10.5. The number of nitriles is 1. The van der Waals surface area contributed by atoms with Gasteiger partial charge in [-0.1, -0.05) is 23.8 Å². The third-order valence-electron chi connectivity index (χ3n) is 3.70. The number of fused-ring (bicyclic) bond motifs is 1. The van der Waals surface area contributed by atoms with Crippen LogP contribution in [-0.2, 0) is 4.79 Å². The van der Waals surface area contributed by atoms with Gasteiger partial charge in [0.1, 0.15) is 11.6 Å². The Morgan fingerprint density at radius 3 is 2.71 bits per heavy atom. The van der Waals surface area contributed by atoms with Crippen molar-refractivity contribution in [1.82, 2.24) is 0 Å².